The van der Waals surface area contributed by atoms with E-state index in [0.29, 0.717) is 0 Å². The number of hydrogen-bond acceptors (Lipinski definition) is 2. The molecule has 2 rings (SSSR count). The van der Waals surface area contributed by atoms with Crippen LogP contribution >= 0.6 is 39.9 Å². The number of rotatable bonds is 2. The second-order valence-corrected chi connectivity index (χ2v) is 5.29. The fourth-order valence-corrected chi connectivity index (χ4v) is 3.98. The number of thiol groups is 1. The van der Waals surface area contributed by atoms with Gasteiger partial charge in [0.15, 0.2) is 0 Å². The maximum absolute atomic E-state index is 4.48. The third-order valence-corrected chi connectivity index (χ3v) is 4.85. The second-order valence-electron chi connectivity index (χ2n) is 3.14. The number of alkyl halides is 1. The van der Waals surface area contributed by atoms with Gasteiger partial charge in [0.2, 0.25) is 0 Å². The largest absolute Gasteiger partial charge is 0.142 e. The van der Waals surface area contributed by atoms with Crippen LogP contribution in [0.25, 0.3) is 10.1 Å². The molecule has 14 heavy (non-hydrogen) atoms. The lowest BCUT2D eigenvalue weighted by molar-refractivity contribution is 1.16. The number of hydrogen-bond donors (Lipinski definition) is 1. The Hall–Kier alpha value is 0.01000. The molecule has 2 aromatic rings. The van der Waals surface area contributed by atoms with Gasteiger partial charge in [-0.2, -0.15) is 0 Å². The summed E-state index contributed by atoms with van der Waals surface area (Å²) in [6, 6.07) is 6.31. The molecule has 0 aliphatic heterocycles. The summed E-state index contributed by atoms with van der Waals surface area (Å²) in [7, 11) is 0. The van der Waals surface area contributed by atoms with Gasteiger partial charge in [0.25, 0.3) is 0 Å². The van der Waals surface area contributed by atoms with Crippen LogP contribution in [0.4, 0.5) is 0 Å². The van der Waals surface area contributed by atoms with Gasteiger partial charge in [-0.15, -0.1) is 24.0 Å². The summed E-state index contributed by atoms with van der Waals surface area (Å²) in [5.41, 5.74) is 1.43. The molecule has 0 saturated carbocycles. The van der Waals surface area contributed by atoms with E-state index >= 15 is 0 Å². The molecule has 74 valence electrons. The van der Waals surface area contributed by atoms with Crippen LogP contribution in [0.1, 0.15) is 17.4 Å². The first-order valence-corrected chi connectivity index (χ1v) is 6.94. The topological polar surface area (TPSA) is 0 Å². The van der Waals surface area contributed by atoms with Crippen LogP contribution in [0.15, 0.2) is 23.1 Å². The molecule has 0 unspecified atom stereocenters. The van der Waals surface area contributed by atoms with Crippen molar-refractivity contribution in [3.63, 3.8) is 0 Å². The highest BCUT2D eigenvalue weighted by Gasteiger charge is 2.10. The van der Waals surface area contributed by atoms with E-state index in [0.717, 1.165) is 16.6 Å². The number of benzene rings is 1. The van der Waals surface area contributed by atoms with E-state index in [9.17, 15) is 0 Å². The van der Waals surface area contributed by atoms with Crippen molar-refractivity contribution in [1.29, 1.82) is 0 Å². The molecule has 0 aliphatic rings. The zero-order valence-electron chi connectivity index (χ0n) is 7.88. The fourth-order valence-electron chi connectivity index (χ4n) is 1.64. The minimum absolute atomic E-state index is 0.938. The predicted octanol–water partition coefficient (Wildman–Crippen LogP) is 4.65. The summed E-state index contributed by atoms with van der Waals surface area (Å²) in [4.78, 5) is 2.56. The molecule has 1 aromatic heterocycles. The molecule has 0 bridgehead atoms. The minimum atomic E-state index is 0.938. The first kappa shape index (κ1) is 10.5. The van der Waals surface area contributed by atoms with Gasteiger partial charge in [0, 0.05) is 19.8 Å². The Bertz CT molecular complexity index is 460. The van der Waals surface area contributed by atoms with Gasteiger partial charge in [0.1, 0.15) is 0 Å². The minimum Gasteiger partial charge on any atom is -0.142 e. The van der Waals surface area contributed by atoms with Crippen molar-refractivity contribution >= 4 is 50.0 Å². The molecule has 1 aromatic carbocycles. The van der Waals surface area contributed by atoms with Crippen LogP contribution < -0.4 is 0 Å². The molecule has 0 nitrogen and oxygen atoms in total. The lowest BCUT2D eigenvalue weighted by Gasteiger charge is -1.96. The van der Waals surface area contributed by atoms with E-state index in [1.165, 1.54) is 20.5 Å². The molecule has 0 aliphatic carbocycles. The monoisotopic (exact) mass is 286 g/mol. The fraction of sp³-hybridized carbons (Fsp3) is 0.273. The summed E-state index contributed by atoms with van der Waals surface area (Å²) in [6.45, 7) is 2.20. The van der Waals surface area contributed by atoms with Gasteiger partial charge in [-0.3, -0.25) is 0 Å². The molecule has 0 spiro atoms. The highest BCUT2D eigenvalue weighted by molar-refractivity contribution is 9.08. The van der Waals surface area contributed by atoms with E-state index < -0.39 is 0 Å². The van der Waals surface area contributed by atoms with E-state index in [4.69, 9.17) is 0 Å². The summed E-state index contributed by atoms with van der Waals surface area (Å²) in [5, 5.41) is 2.30. The Labute approximate surface area is 102 Å². The van der Waals surface area contributed by atoms with E-state index in [1.54, 1.807) is 0 Å². The second kappa shape index (κ2) is 4.25. The summed E-state index contributed by atoms with van der Waals surface area (Å²) < 4.78 is 1.32. The number of halogens is 1. The van der Waals surface area contributed by atoms with Crippen LogP contribution in [0.3, 0.4) is 0 Å². The van der Waals surface area contributed by atoms with Crippen molar-refractivity contribution in [2.24, 2.45) is 0 Å². The van der Waals surface area contributed by atoms with Crippen molar-refractivity contribution in [2.75, 3.05) is 0 Å². The van der Waals surface area contributed by atoms with Crippen LogP contribution in [-0.2, 0) is 11.8 Å². The first-order chi connectivity index (χ1) is 6.77. The van der Waals surface area contributed by atoms with Crippen LogP contribution in [0.5, 0.6) is 0 Å². The zero-order chi connectivity index (χ0) is 10.1. The Morgan fingerprint density at radius 1 is 1.43 bits per heavy atom. The quantitative estimate of drug-likeness (QED) is 0.603. The van der Waals surface area contributed by atoms with Crippen LogP contribution in [0, 0.1) is 0 Å². The van der Waals surface area contributed by atoms with Gasteiger partial charge in [-0.05, 0) is 23.4 Å². The Morgan fingerprint density at radius 3 is 2.86 bits per heavy atom. The Kier molecular flexibility index (Phi) is 3.20. The predicted molar refractivity (Wildman–Crippen MR) is 71.1 cm³/mol. The Balaban J connectivity index is 2.79. The van der Waals surface area contributed by atoms with Crippen LogP contribution in [-0.4, -0.2) is 0 Å². The average Bonchev–Trinajstić information content (AvgIpc) is 2.57. The maximum Gasteiger partial charge on any atom is 0.0482 e. The third kappa shape index (κ3) is 1.62. The molecular formula is C11H11BrS2. The highest BCUT2D eigenvalue weighted by atomic mass is 79.9. The lowest BCUT2D eigenvalue weighted by Crippen LogP contribution is -1.80. The van der Waals surface area contributed by atoms with Gasteiger partial charge >= 0.3 is 0 Å². The van der Waals surface area contributed by atoms with Crippen molar-refractivity contribution in [2.45, 2.75) is 23.6 Å². The third-order valence-electron chi connectivity index (χ3n) is 2.34. The summed E-state index contributed by atoms with van der Waals surface area (Å²) in [5.74, 6) is 0. The van der Waals surface area contributed by atoms with Gasteiger partial charge in [-0.1, -0.05) is 35.0 Å². The maximum atomic E-state index is 4.48. The van der Waals surface area contributed by atoms with E-state index in [-0.39, 0.29) is 0 Å². The summed E-state index contributed by atoms with van der Waals surface area (Å²) in [6.07, 6.45) is 1.10. The summed E-state index contributed by atoms with van der Waals surface area (Å²) >= 11 is 9.91. The molecule has 0 fully saturated rings. The van der Waals surface area contributed by atoms with Crippen molar-refractivity contribution in [3.8, 4) is 0 Å². The molecular weight excluding hydrogens is 276 g/mol. The van der Waals surface area contributed by atoms with Crippen molar-refractivity contribution < 1.29 is 0 Å². The van der Waals surface area contributed by atoms with Gasteiger partial charge in [-0.25, -0.2) is 0 Å². The molecule has 0 saturated heterocycles. The standard InChI is InChI=1S/C11H11BrS2/c1-2-10-8(6-12)7-4-3-5-9(13)11(7)14-10/h3-5,13H,2,6H2,1H3. The molecule has 0 N–H and O–H groups in total. The molecule has 3 heteroatoms. The van der Waals surface area contributed by atoms with Crippen LogP contribution in [0.2, 0.25) is 0 Å². The number of fused-ring (bicyclic) bond motifs is 1. The number of aryl methyl sites for hydroxylation is 1. The SMILES string of the molecule is CCc1sc2c(S)cccc2c1CBr. The Morgan fingerprint density at radius 2 is 2.21 bits per heavy atom. The lowest BCUT2D eigenvalue weighted by atomic mass is 10.1. The van der Waals surface area contributed by atoms with E-state index in [1.807, 2.05) is 11.3 Å². The normalized spacial score (nSPS) is 11.1. The highest BCUT2D eigenvalue weighted by Crippen LogP contribution is 2.36. The van der Waals surface area contributed by atoms with Gasteiger partial charge in [0.05, 0.1) is 0 Å². The van der Waals surface area contributed by atoms with E-state index in [2.05, 4.69) is 53.7 Å². The van der Waals surface area contributed by atoms with Crippen molar-refractivity contribution in [1.82, 2.24) is 0 Å². The smallest absolute Gasteiger partial charge is 0.0482 e. The van der Waals surface area contributed by atoms with Gasteiger partial charge < -0.3 is 0 Å². The molecule has 0 amide bonds. The zero-order valence-corrected chi connectivity index (χ0v) is 11.2. The van der Waals surface area contributed by atoms with Crippen molar-refractivity contribution in [3.05, 3.63) is 28.6 Å². The number of thiophene rings is 1. The first-order valence-electron chi connectivity index (χ1n) is 4.56. The average molecular weight is 287 g/mol. The molecule has 0 radical (unpaired) electrons. The molecule has 0 atom stereocenters. The molecule has 1 heterocycles.